The molecule has 0 radical (unpaired) electrons. The second kappa shape index (κ2) is 6.95. The molecule has 0 unspecified atom stereocenters. The van der Waals surface area contributed by atoms with E-state index < -0.39 is 0 Å². The van der Waals surface area contributed by atoms with E-state index in [9.17, 15) is 0 Å². The van der Waals surface area contributed by atoms with Crippen LogP contribution in [0, 0.1) is 5.92 Å². The zero-order valence-electron chi connectivity index (χ0n) is 14.2. The van der Waals surface area contributed by atoms with E-state index in [-0.39, 0.29) is 6.10 Å². The maximum Gasteiger partial charge on any atom is 0.122 e. The fraction of sp³-hybridized carbons (Fsp3) is 0.526. The fourth-order valence-electron chi connectivity index (χ4n) is 3.66. The molecule has 5 nitrogen and oxygen atoms in total. The van der Waals surface area contributed by atoms with E-state index >= 15 is 0 Å². The van der Waals surface area contributed by atoms with Crippen molar-refractivity contribution in [3.05, 3.63) is 47.3 Å². The number of hydrogen-bond acceptors (Lipinski definition) is 4. The lowest BCUT2D eigenvalue weighted by molar-refractivity contribution is 0.0904. The van der Waals surface area contributed by atoms with Crippen LogP contribution in [0.1, 0.15) is 36.1 Å². The molecule has 2 aliphatic rings. The Hall–Kier alpha value is -1.85. The summed E-state index contributed by atoms with van der Waals surface area (Å²) in [6, 6.07) is 6.52. The van der Waals surface area contributed by atoms with Gasteiger partial charge in [-0.3, -0.25) is 4.68 Å². The first-order valence-electron chi connectivity index (χ1n) is 8.93. The number of aromatic nitrogens is 2. The summed E-state index contributed by atoms with van der Waals surface area (Å²) in [5, 5.41) is 7.99. The van der Waals surface area contributed by atoms with E-state index in [2.05, 4.69) is 41.7 Å². The SMILES string of the molecule is CCn1cc([C@@H]2OCC[C@@H]2CNCc2ccc3c(c2)CCO3)cn1. The van der Waals surface area contributed by atoms with Crippen LogP contribution in [0.5, 0.6) is 5.75 Å². The van der Waals surface area contributed by atoms with Gasteiger partial charge in [0.05, 0.1) is 18.9 Å². The molecule has 2 aliphatic heterocycles. The van der Waals surface area contributed by atoms with Gasteiger partial charge in [0.15, 0.2) is 0 Å². The minimum absolute atomic E-state index is 0.172. The van der Waals surface area contributed by atoms with Gasteiger partial charge in [-0.25, -0.2) is 0 Å². The topological polar surface area (TPSA) is 48.3 Å². The van der Waals surface area contributed by atoms with E-state index in [0.717, 1.165) is 51.4 Å². The molecule has 0 bridgehead atoms. The lowest BCUT2D eigenvalue weighted by atomic mass is 9.97. The molecule has 128 valence electrons. The molecule has 1 saturated heterocycles. The maximum absolute atomic E-state index is 5.96. The summed E-state index contributed by atoms with van der Waals surface area (Å²) < 4.78 is 13.5. The van der Waals surface area contributed by atoms with Crippen LogP contribution in [-0.4, -0.2) is 29.5 Å². The fourth-order valence-corrected chi connectivity index (χ4v) is 3.66. The molecule has 2 atom stereocenters. The van der Waals surface area contributed by atoms with E-state index in [0.29, 0.717) is 5.92 Å². The van der Waals surface area contributed by atoms with Crippen molar-refractivity contribution in [1.82, 2.24) is 15.1 Å². The first-order chi connectivity index (χ1) is 11.8. The molecule has 4 rings (SSSR count). The third kappa shape index (κ3) is 3.19. The van der Waals surface area contributed by atoms with Gasteiger partial charge in [0.25, 0.3) is 0 Å². The molecule has 5 heteroatoms. The first kappa shape index (κ1) is 15.7. The first-order valence-corrected chi connectivity index (χ1v) is 8.93. The average molecular weight is 327 g/mol. The molecule has 0 saturated carbocycles. The Morgan fingerprint density at radius 2 is 2.29 bits per heavy atom. The van der Waals surface area contributed by atoms with Crippen LogP contribution < -0.4 is 10.1 Å². The van der Waals surface area contributed by atoms with Crippen LogP contribution >= 0.6 is 0 Å². The van der Waals surface area contributed by atoms with Gasteiger partial charge in [0, 0.05) is 50.3 Å². The molecule has 3 heterocycles. The molecular weight excluding hydrogens is 302 g/mol. The van der Waals surface area contributed by atoms with Crippen molar-refractivity contribution in [1.29, 1.82) is 0 Å². The quantitative estimate of drug-likeness (QED) is 0.886. The predicted octanol–water partition coefficient (Wildman–Crippen LogP) is 2.71. The molecule has 1 N–H and O–H groups in total. The van der Waals surface area contributed by atoms with Crippen LogP contribution in [0.15, 0.2) is 30.6 Å². The second-order valence-electron chi connectivity index (χ2n) is 6.64. The standard InChI is InChI=1S/C19H25N3O2/c1-2-22-13-17(12-21-22)19-16(6-8-24-19)11-20-10-14-3-4-18-15(9-14)5-7-23-18/h3-4,9,12-13,16,19-20H,2,5-8,10-11H2,1H3/t16-,19-/m1/s1. The summed E-state index contributed by atoms with van der Waals surface area (Å²) in [4.78, 5) is 0. The zero-order chi connectivity index (χ0) is 16.4. The molecule has 24 heavy (non-hydrogen) atoms. The van der Waals surface area contributed by atoms with Gasteiger partial charge in [0.2, 0.25) is 0 Å². The van der Waals surface area contributed by atoms with Crippen LogP contribution in [0.4, 0.5) is 0 Å². The van der Waals surface area contributed by atoms with E-state index in [1.807, 2.05) is 10.9 Å². The van der Waals surface area contributed by atoms with Gasteiger partial charge in [-0.2, -0.15) is 5.10 Å². The van der Waals surface area contributed by atoms with Crippen LogP contribution in [-0.2, 0) is 24.2 Å². The van der Waals surface area contributed by atoms with Crippen molar-refractivity contribution in [2.75, 3.05) is 19.8 Å². The van der Waals surface area contributed by atoms with E-state index in [1.165, 1.54) is 16.7 Å². The van der Waals surface area contributed by atoms with Gasteiger partial charge in [-0.15, -0.1) is 0 Å². The Labute approximate surface area is 143 Å². The number of rotatable bonds is 6. The number of aryl methyl sites for hydroxylation is 1. The smallest absolute Gasteiger partial charge is 0.122 e. The normalized spacial score (nSPS) is 22.5. The summed E-state index contributed by atoms with van der Waals surface area (Å²) >= 11 is 0. The summed E-state index contributed by atoms with van der Waals surface area (Å²) in [7, 11) is 0. The van der Waals surface area contributed by atoms with Crippen molar-refractivity contribution in [3.8, 4) is 5.75 Å². The summed E-state index contributed by atoms with van der Waals surface area (Å²) in [6.45, 7) is 6.52. The minimum Gasteiger partial charge on any atom is -0.493 e. The Kier molecular flexibility index (Phi) is 4.54. The van der Waals surface area contributed by atoms with Crippen LogP contribution in [0.2, 0.25) is 0 Å². The van der Waals surface area contributed by atoms with Crippen molar-refractivity contribution >= 4 is 0 Å². The van der Waals surface area contributed by atoms with Gasteiger partial charge in [-0.1, -0.05) is 12.1 Å². The van der Waals surface area contributed by atoms with Crippen molar-refractivity contribution in [2.24, 2.45) is 5.92 Å². The van der Waals surface area contributed by atoms with Crippen molar-refractivity contribution in [2.45, 2.75) is 39.0 Å². The van der Waals surface area contributed by atoms with E-state index in [4.69, 9.17) is 9.47 Å². The Balaban J connectivity index is 1.33. The highest BCUT2D eigenvalue weighted by atomic mass is 16.5. The lowest BCUT2D eigenvalue weighted by Crippen LogP contribution is -2.24. The highest BCUT2D eigenvalue weighted by Gasteiger charge is 2.30. The molecular formula is C19H25N3O2. The number of nitrogens with one attached hydrogen (secondary N) is 1. The number of benzene rings is 1. The molecule has 1 fully saturated rings. The molecule has 2 aromatic rings. The van der Waals surface area contributed by atoms with Crippen LogP contribution in [0.3, 0.4) is 0 Å². The number of nitrogens with zero attached hydrogens (tertiary/aromatic N) is 2. The molecule has 0 amide bonds. The van der Waals surface area contributed by atoms with Gasteiger partial charge >= 0.3 is 0 Å². The zero-order valence-corrected chi connectivity index (χ0v) is 14.2. The summed E-state index contributed by atoms with van der Waals surface area (Å²) in [6.07, 6.45) is 6.37. The Morgan fingerprint density at radius 1 is 1.33 bits per heavy atom. The molecule has 1 aromatic carbocycles. The second-order valence-corrected chi connectivity index (χ2v) is 6.64. The highest BCUT2D eigenvalue weighted by Crippen LogP contribution is 2.34. The van der Waals surface area contributed by atoms with Gasteiger partial charge in [0.1, 0.15) is 5.75 Å². The third-order valence-electron chi connectivity index (χ3n) is 5.01. The van der Waals surface area contributed by atoms with E-state index in [1.54, 1.807) is 0 Å². The molecule has 0 aliphatic carbocycles. The number of hydrogen-bond donors (Lipinski definition) is 1. The summed E-state index contributed by atoms with van der Waals surface area (Å²) in [5.41, 5.74) is 3.87. The minimum atomic E-state index is 0.172. The maximum atomic E-state index is 5.96. The Morgan fingerprint density at radius 3 is 3.17 bits per heavy atom. The Bertz CT molecular complexity index is 698. The monoisotopic (exact) mass is 327 g/mol. The van der Waals surface area contributed by atoms with Crippen LogP contribution in [0.25, 0.3) is 0 Å². The molecule has 1 aromatic heterocycles. The predicted molar refractivity (Wildman–Crippen MR) is 92.0 cm³/mol. The van der Waals surface area contributed by atoms with Crippen molar-refractivity contribution < 1.29 is 9.47 Å². The summed E-state index contributed by atoms with van der Waals surface area (Å²) in [5.74, 6) is 1.56. The largest absolute Gasteiger partial charge is 0.493 e. The number of fused-ring (bicyclic) bond motifs is 1. The highest BCUT2D eigenvalue weighted by molar-refractivity contribution is 5.39. The number of ether oxygens (including phenoxy) is 2. The molecule has 0 spiro atoms. The average Bonchev–Trinajstić information content (AvgIpc) is 3.34. The van der Waals surface area contributed by atoms with Gasteiger partial charge in [-0.05, 0) is 30.5 Å². The van der Waals surface area contributed by atoms with Crippen molar-refractivity contribution in [3.63, 3.8) is 0 Å². The third-order valence-corrected chi connectivity index (χ3v) is 5.01. The lowest BCUT2D eigenvalue weighted by Gasteiger charge is -2.18. The van der Waals surface area contributed by atoms with Gasteiger partial charge < -0.3 is 14.8 Å².